The van der Waals surface area contributed by atoms with Crippen LogP contribution >= 0.6 is 0 Å². The minimum atomic E-state index is -5.08. The number of hydrogen-bond donors (Lipinski definition) is 4. The van der Waals surface area contributed by atoms with Crippen molar-refractivity contribution in [3.63, 3.8) is 0 Å². The topological polar surface area (TPSA) is 124 Å². The van der Waals surface area contributed by atoms with E-state index in [0.29, 0.717) is 42.9 Å². The minimum Gasteiger partial charge on any atom is -0.475 e. The number of carboxylic acids is 1. The van der Waals surface area contributed by atoms with Gasteiger partial charge in [0.25, 0.3) is 0 Å². The van der Waals surface area contributed by atoms with Crippen molar-refractivity contribution in [1.82, 2.24) is 20.0 Å². The van der Waals surface area contributed by atoms with Crippen LogP contribution in [0.4, 0.5) is 26.3 Å². The zero-order chi connectivity index (χ0) is 31.1. The van der Waals surface area contributed by atoms with Crippen molar-refractivity contribution < 1.29 is 44.7 Å². The van der Waals surface area contributed by atoms with E-state index in [1.807, 2.05) is 48.5 Å². The molecule has 0 aliphatic rings. The standard InChI is InChI=1S/C25H25F3N4O2S.C2HF3O2/c1-35(33,34)30-14-2-13-29-16-17-3-5-18(6-4-17)19-7-9-20(10-8-19)24-31-22-12-11-21(25(26,27)28)15-23(22)32-24;3-2(4,5)1(6)7/h3-12,15,29-30H,2,13-14,16H2,1H3,(H,31,32);(H,6,7). The summed E-state index contributed by atoms with van der Waals surface area (Å²) >= 11 is 0. The number of halogens is 6. The second-order valence-corrected chi connectivity index (χ2v) is 10.9. The third-order valence-electron chi connectivity index (χ3n) is 5.72. The maximum atomic E-state index is 13.0. The van der Waals surface area contributed by atoms with Gasteiger partial charge in [0, 0.05) is 18.7 Å². The molecule has 0 bridgehead atoms. The number of sulfonamides is 1. The van der Waals surface area contributed by atoms with Crippen LogP contribution in [0.1, 0.15) is 17.5 Å². The monoisotopic (exact) mass is 616 g/mol. The van der Waals surface area contributed by atoms with Gasteiger partial charge in [-0.1, -0.05) is 48.5 Å². The van der Waals surface area contributed by atoms with E-state index >= 15 is 0 Å². The summed E-state index contributed by atoms with van der Waals surface area (Å²) in [5.41, 5.74) is 4.06. The highest BCUT2D eigenvalue weighted by atomic mass is 32.2. The third kappa shape index (κ3) is 9.85. The Morgan fingerprint density at radius 1 is 0.881 bits per heavy atom. The van der Waals surface area contributed by atoms with Gasteiger partial charge in [0.1, 0.15) is 5.82 Å². The molecule has 1 heterocycles. The highest BCUT2D eigenvalue weighted by Gasteiger charge is 2.38. The Labute approximate surface area is 236 Å². The lowest BCUT2D eigenvalue weighted by Crippen LogP contribution is -2.26. The van der Waals surface area contributed by atoms with Gasteiger partial charge in [-0.05, 0) is 47.9 Å². The maximum Gasteiger partial charge on any atom is 0.490 e. The smallest absolute Gasteiger partial charge is 0.475 e. The Bertz CT molecular complexity index is 1600. The zero-order valence-electron chi connectivity index (χ0n) is 22.0. The molecule has 1 aromatic heterocycles. The zero-order valence-corrected chi connectivity index (χ0v) is 22.8. The van der Waals surface area contributed by atoms with Gasteiger partial charge in [-0.25, -0.2) is 22.9 Å². The van der Waals surface area contributed by atoms with Crippen LogP contribution in [0.3, 0.4) is 0 Å². The molecule has 4 rings (SSSR count). The number of nitrogens with zero attached hydrogens (tertiary/aromatic N) is 1. The summed E-state index contributed by atoms with van der Waals surface area (Å²) in [4.78, 5) is 16.3. The number of alkyl halides is 6. The molecule has 0 atom stereocenters. The SMILES string of the molecule is CS(=O)(=O)NCCCNCc1ccc(-c2ccc(-c3nc4ccc(C(F)(F)F)cc4[nH]3)cc2)cc1.O=C(O)C(F)(F)F. The second kappa shape index (κ2) is 13.4. The summed E-state index contributed by atoms with van der Waals surface area (Å²) in [5, 5.41) is 10.4. The van der Waals surface area contributed by atoms with E-state index in [1.54, 1.807) is 0 Å². The number of benzene rings is 3. The maximum absolute atomic E-state index is 13.0. The predicted molar refractivity (Wildman–Crippen MR) is 145 cm³/mol. The van der Waals surface area contributed by atoms with E-state index in [0.717, 1.165) is 40.6 Å². The normalized spacial score (nSPS) is 12.2. The van der Waals surface area contributed by atoms with Crippen molar-refractivity contribution in [2.75, 3.05) is 19.3 Å². The molecular formula is C27H26F6N4O4S. The molecular weight excluding hydrogens is 590 g/mol. The number of aromatic amines is 1. The fourth-order valence-electron chi connectivity index (χ4n) is 3.66. The van der Waals surface area contributed by atoms with Gasteiger partial charge in [0.2, 0.25) is 10.0 Å². The van der Waals surface area contributed by atoms with Gasteiger partial charge in [0.15, 0.2) is 0 Å². The lowest BCUT2D eigenvalue weighted by atomic mass is 10.0. The van der Waals surface area contributed by atoms with Crippen LogP contribution in [0.5, 0.6) is 0 Å². The first kappa shape index (κ1) is 32.6. The summed E-state index contributed by atoms with van der Waals surface area (Å²) in [7, 11) is -3.15. The van der Waals surface area contributed by atoms with Gasteiger partial charge >= 0.3 is 18.3 Å². The van der Waals surface area contributed by atoms with Crippen molar-refractivity contribution in [2.24, 2.45) is 0 Å². The van der Waals surface area contributed by atoms with Crippen LogP contribution in [0.2, 0.25) is 0 Å². The summed E-state index contributed by atoms with van der Waals surface area (Å²) in [6, 6.07) is 19.3. The molecule has 0 aliphatic heterocycles. The van der Waals surface area contributed by atoms with Gasteiger partial charge in [-0.3, -0.25) is 0 Å². The lowest BCUT2D eigenvalue weighted by Gasteiger charge is -2.07. The Hall–Kier alpha value is -3.95. The number of nitrogens with one attached hydrogen (secondary N) is 3. The van der Waals surface area contributed by atoms with Crippen LogP contribution in [-0.4, -0.2) is 55.0 Å². The Morgan fingerprint density at radius 3 is 1.95 bits per heavy atom. The van der Waals surface area contributed by atoms with Gasteiger partial charge in [-0.15, -0.1) is 0 Å². The van der Waals surface area contributed by atoms with E-state index in [-0.39, 0.29) is 0 Å². The summed E-state index contributed by atoms with van der Waals surface area (Å²) in [6.07, 6.45) is -7.64. The van der Waals surface area contributed by atoms with E-state index in [9.17, 15) is 34.8 Å². The Morgan fingerprint density at radius 2 is 1.43 bits per heavy atom. The van der Waals surface area contributed by atoms with Crippen molar-refractivity contribution in [1.29, 1.82) is 0 Å². The molecule has 0 fully saturated rings. The molecule has 0 spiro atoms. The van der Waals surface area contributed by atoms with Gasteiger partial charge in [-0.2, -0.15) is 26.3 Å². The molecule has 0 radical (unpaired) electrons. The van der Waals surface area contributed by atoms with E-state index in [2.05, 4.69) is 20.0 Å². The highest BCUT2D eigenvalue weighted by Crippen LogP contribution is 2.32. The van der Waals surface area contributed by atoms with Crippen LogP contribution in [0.25, 0.3) is 33.5 Å². The lowest BCUT2D eigenvalue weighted by molar-refractivity contribution is -0.192. The van der Waals surface area contributed by atoms with Crippen LogP contribution in [-0.2, 0) is 27.5 Å². The summed E-state index contributed by atoms with van der Waals surface area (Å²) < 4.78 is 95.1. The molecule has 3 aromatic carbocycles. The number of carbonyl (C=O) groups is 1. The number of imidazole rings is 1. The molecule has 4 aromatic rings. The predicted octanol–water partition coefficient (Wildman–Crippen LogP) is 5.58. The van der Waals surface area contributed by atoms with E-state index in [4.69, 9.17) is 9.90 Å². The van der Waals surface area contributed by atoms with Gasteiger partial charge in [0.05, 0.1) is 22.9 Å². The molecule has 4 N–H and O–H groups in total. The average Bonchev–Trinajstić information content (AvgIpc) is 3.33. The fraction of sp³-hybridized carbons (Fsp3) is 0.259. The molecule has 15 heteroatoms. The first-order chi connectivity index (χ1) is 19.5. The molecule has 0 aliphatic carbocycles. The van der Waals surface area contributed by atoms with Crippen LogP contribution < -0.4 is 10.0 Å². The van der Waals surface area contributed by atoms with Crippen molar-refractivity contribution in [2.45, 2.75) is 25.3 Å². The Balaban J connectivity index is 0.000000616. The minimum absolute atomic E-state index is 0.342. The first-order valence-electron chi connectivity index (χ1n) is 12.2. The molecule has 226 valence electrons. The number of carboxylic acid groups (broad SMARTS) is 1. The molecule has 42 heavy (non-hydrogen) atoms. The van der Waals surface area contributed by atoms with Crippen molar-refractivity contribution in [3.8, 4) is 22.5 Å². The summed E-state index contributed by atoms with van der Waals surface area (Å²) in [5.74, 6) is -2.24. The Kier molecular flexibility index (Phi) is 10.4. The number of aromatic nitrogens is 2. The van der Waals surface area contributed by atoms with Crippen LogP contribution in [0, 0.1) is 0 Å². The number of rotatable bonds is 9. The van der Waals surface area contributed by atoms with Gasteiger partial charge < -0.3 is 15.4 Å². The fourth-order valence-corrected chi connectivity index (χ4v) is 4.18. The van der Waals surface area contributed by atoms with Crippen molar-refractivity contribution in [3.05, 3.63) is 77.9 Å². The number of H-pyrrole nitrogens is 1. The highest BCUT2D eigenvalue weighted by molar-refractivity contribution is 7.88. The first-order valence-corrected chi connectivity index (χ1v) is 14.1. The van der Waals surface area contributed by atoms with E-state index in [1.165, 1.54) is 6.07 Å². The van der Waals surface area contributed by atoms with Crippen LogP contribution in [0.15, 0.2) is 66.7 Å². The van der Waals surface area contributed by atoms with Crippen molar-refractivity contribution >= 4 is 27.0 Å². The molecule has 8 nitrogen and oxygen atoms in total. The van der Waals surface area contributed by atoms with E-state index < -0.39 is 33.9 Å². The quantitative estimate of drug-likeness (QED) is 0.144. The largest absolute Gasteiger partial charge is 0.490 e. The average molecular weight is 617 g/mol. The number of hydrogen-bond acceptors (Lipinski definition) is 5. The summed E-state index contributed by atoms with van der Waals surface area (Å²) in [6.45, 7) is 1.79. The molecule has 0 unspecified atom stereocenters. The molecule has 0 saturated heterocycles. The molecule has 0 saturated carbocycles. The second-order valence-electron chi connectivity index (χ2n) is 9.09. The number of fused-ring (bicyclic) bond motifs is 1. The molecule has 0 amide bonds. The number of aliphatic carboxylic acids is 1. The third-order valence-corrected chi connectivity index (χ3v) is 6.45.